The van der Waals surface area contributed by atoms with Crippen molar-refractivity contribution in [2.24, 2.45) is 0 Å². The van der Waals surface area contributed by atoms with Gasteiger partial charge >= 0.3 is 0 Å². The van der Waals surface area contributed by atoms with Crippen molar-refractivity contribution in [3.05, 3.63) is 47.5 Å². The third-order valence-electron chi connectivity index (χ3n) is 4.97. The van der Waals surface area contributed by atoms with Crippen LogP contribution in [0.3, 0.4) is 0 Å². The highest BCUT2D eigenvalue weighted by molar-refractivity contribution is 5.83. The van der Waals surface area contributed by atoms with Gasteiger partial charge < -0.3 is 9.47 Å². The van der Waals surface area contributed by atoms with Crippen LogP contribution in [0, 0.1) is 0 Å². The van der Waals surface area contributed by atoms with Crippen LogP contribution in [0.15, 0.2) is 30.3 Å². The third-order valence-corrected chi connectivity index (χ3v) is 4.97. The van der Waals surface area contributed by atoms with Gasteiger partial charge in [-0.05, 0) is 19.4 Å². The summed E-state index contributed by atoms with van der Waals surface area (Å²) in [5.41, 5.74) is 1.04. The van der Waals surface area contributed by atoms with Gasteiger partial charge in [-0.2, -0.15) is 0 Å². The van der Waals surface area contributed by atoms with E-state index in [1.54, 1.807) is 0 Å². The van der Waals surface area contributed by atoms with E-state index < -0.39 is 0 Å². The number of rotatable bonds is 6. The fourth-order valence-electron chi connectivity index (χ4n) is 3.57. The molecule has 0 aliphatic carbocycles. The first-order valence-corrected chi connectivity index (χ1v) is 9.18. The monoisotopic (exact) mass is 341 g/mol. The third kappa shape index (κ3) is 3.44. The molecule has 6 heteroatoms. The number of benzene rings is 1. The Morgan fingerprint density at radius 3 is 2.48 bits per heavy atom. The van der Waals surface area contributed by atoms with Crippen molar-refractivity contribution in [3.8, 4) is 0 Å². The maximum Gasteiger partial charge on any atom is 0.244 e. The van der Waals surface area contributed by atoms with E-state index in [4.69, 9.17) is 0 Å². The second-order valence-corrected chi connectivity index (χ2v) is 6.33. The van der Waals surface area contributed by atoms with Crippen LogP contribution in [0.1, 0.15) is 44.0 Å². The Morgan fingerprint density at radius 2 is 1.84 bits per heavy atom. The molecule has 0 N–H and O–H groups in total. The summed E-state index contributed by atoms with van der Waals surface area (Å²) in [6.07, 6.45) is 0.882. The summed E-state index contributed by atoms with van der Waals surface area (Å²) in [4.78, 5) is 17.4. The van der Waals surface area contributed by atoms with E-state index in [-0.39, 0.29) is 11.9 Å². The Labute approximate surface area is 149 Å². The Bertz CT molecular complexity index is 708. The van der Waals surface area contributed by atoms with E-state index in [1.165, 1.54) is 0 Å². The van der Waals surface area contributed by atoms with E-state index in [2.05, 4.69) is 26.6 Å². The van der Waals surface area contributed by atoms with E-state index in [9.17, 15) is 4.79 Å². The van der Waals surface area contributed by atoms with Crippen molar-refractivity contribution >= 4 is 5.91 Å². The lowest BCUT2D eigenvalue weighted by molar-refractivity contribution is -0.137. The largest absolute Gasteiger partial charge is 0.342 e. The van der Waals surface area contributed by atoms with Crippen molar-refractivity contribution < 1.29 is 4.79 Å². The van der Waals surface area contributed by atoms with E-state index in [0.29, 0.717) is 6.54 Å². The Morgan fingerprint density at radius 1 is 1.12 bits per heavy atom. The molecule has 1 aliphatic rings. The highest BCUT2D eigenvalue weighted by Crippen LogP contribution is 2.27. The van der Waals surface area contributed by atoms with E-state index >= 15 is 0 Å². The number of aryl methyl sites for hydroxylation is 1. The minimum Gasteiger partial charge on any atom is -0.342 e. The maximum atomic E-state index is 13.2. The van der Waals surface area contributed by atoms with Gasteiger partial charge in [-0.3, -0.25) is 9.69 Å². The van der Waals surface area contributed by atoms with Crippen molar-refractivity contribution in [1.82, 2.24) is 24.6 Å². The van der Waals surface area contributed by atoms with Crippen molar-refractivity contribution in [1.29, 1.82) is 0 Å². The Hall–Kier alpha value is -2.21. The average molecular weight is 341 g/mol. The fourth-order valence-corrected chi connectivity index (χ4v) is 3.57. The molecule has 0 saturated heterocycles. The minimum atomic E-state index is -0.267. The zero-order valence-electron chi connectivity index (χ0n) is 15.4. The Balaban J connectivity index is 1.91. The zero-order valence-corrected chi connectivity index (χ0v) is 15.4. The van der Waals surface area contributed by atoms with Crippen LogP contribution in [0.4, 0.5) is 0 Å². The summed E-state index contributed by atoms with van der Waals surface area (Å²) in [6, 6.07) is 9.81. The number of likely N-dealkylation sites (N-methyl/N-ethyl adjacent to an activating group) is 1. The van der Waals surface area contributed by atoms with E-state index in [0.717, 1.165) is 49.8 Å². The molecule has 0 radical (unpaired) electrons. The summed E-state index contributed by atoms with van der Waals surface area (Å²) >= 11 is 0. The quantitative estimate of drug-likeness (QED) is 0.809. The molecule has 3 rings (SSSR count). The molecule has 1 aromatic heterocycles. The molecule has 1 aliphatic heterocycles. The van der Waals surface area contributed by atoms with Crippen molar-refractivity contribution in [3.63, 3.8) is 0 Å². The van der Waals surface area contributed by atoms with Gasteiger partial charge in [-0.25, -0.2) is 0 Å². The normalized spacial score (nSPS) is 15.6. The number of carbonyl (C=O) groups is 1. The van der Waals surface area contributed by atoms with Crippen LogP contribution in [0.2, 0.25) is 0 Å². The molecule has 6 nitrogen and oxygen atoms in total. The van der Waals surface area contributed by atoms with Gasteiger partial charge in [0.2, 0.25) is 5.91 Å². The van der Waals surface area contributed by atoms with Gasteiger partial charge in [-0.1, -0.05) is 37.3 Å². The fraction of sp³-hybridized carbons (Fsp3) is 0.526. The summed E-state index contributed by atoms with van der Waals surface area (Å²) in [7, 11) is 0. The van der Waals surface area contributed by atoms with Gasteiger partial charge in [0, 0.05) is 32.6 Å². The first-order valence-electron chi connectivity index (χ1n) is 9.18. The first-order chi connectivity index (χ1) is 12.2. The summed E-state index contributed by atoms with van der Waals surface area (Å²) in [5.74, 6) is 2.15. The molecule has 2 aromatic rings. The van der Waals surface area contributed by atoms with Crippen LogP contribution in [-0.2, 0) is 24.3 Å². The molecular formula is C19H27N5O. The molecule has 25 heavy (non-hydrogen) atoms. The van der Waals surface area contributed by atoms with Crippen LogP contribution >= 0.6 is 0 Å². The van der Waals surface area contributed by atoms with Gasteiger partial charge in [0.05, 0.1) is 6.54 Å². The molecule has 0 spiro atoms. The van der Waals surface area contributed by atoms with E-state index in [1.807, 2.05) is 49.1 Å². The van der Waals surface area contributed by atoms with Gasteiger partial charge in [0.1, 0.15) is 17.7 Å². The minimum absolute atomic E-state index is 0.167. The lowest BCUT2D eigenvalue weighted by Crippen LogP contribution is -2.45. The molecule has 0 fully saturated rings. The molecule has 0 saturated carbocycles. The molecule has 0 bridgehead atoms. The highest BCUT2D eigenvalue weighted by Gasteiger charge is 2.33. The molecule has 1 atom stereocenters. The topological polar surface area (TPSA) is 54.3 Å². The number of fused-ring (bicyclic) bond motifs is 1. The number of carbonyl (C=O) groups excluding carboxylic acids is 1. The van der Waals surface area contributed by atoms with Crippen LogP contribution in [-0.4, -0.2) is 50.1 Å². The second kappa shape index (κ2) is 7.78. The summed E-state index contributed by atoms with van der Waals surface area (Å²) < 4.78 is 2.19. The SMILES string of the molecule is CCc1nnc2n1CCN([C@H](C(=O)N(CC)CC)c1ccccc1)C2. The average Bonchev–Trinajstić information content (AvgIpc) is 3.06. The van der Waals surface area contributed by atoms with Crippen LogP contribution in [0.5, 0.6) is 0 Å². The predicted octanol–water partition coefficient (Wildman–Crippen LogP) is 2.27. The lowest BCUT2D eigenvalue weighted by Gasteiger charge is -2.36. The van der Waals surface area contributed by atoms with Gasteiger partial charge in [0.15, 0.2) is 0 Å². The predicted molar refractivity (Wildman–Crippen MR) is 96.9 cm³/mol. The molecular weight excluding hydrogens is 314 g/mol. The second-order valence-electron chi connectivity index (χ2n) is 6.33. The first kappa shape index (κ1) is 17.6. The van der Waals surface area contributed by atoms with Crippen molar-refractivity contribution in [2.45, 2.75) is 46.3 Å². The summed E-state index contributed by atoms with van der Waals surface area (Å²) in [6.45, 7) is 9.92. The standard InChI is InChI=1S/C19H27N5O/c1-4-16-20-21-17-14-23(12-13-24(16)17)18(15-10-8-7-9-11-15)19(25)22(5-2)6-3/h7-11,18H,4-6,12-14H2,1-3H3/t18-/m0/s1. The summed E-state index contributed by atoms with van der Waals surface area (Å²) in [5, 5.41) is 8.63. The van der Waals surface area contributed by atoms with Gasteiger partial charge in [-0.15, -0.1) is 10.2 Å². The zero-order chi connectivity index (χ0) is 17.8. The smallest absolute Gasteiger partial charge is 0.244 e. The number of hydrogen-bond donors (Lipinski definition) is 0. The van der Waals surface area contributed by atoms with Crippen LogP contribution < -0.4 is 0 Å². The number of aromatic nitrogens is 3. The van der Waals surface area contributed by atoms with Gasteiger partial charge in [0.25, 0.3) is 0 Å². The number of amides is 1. The Kier molecular flexibility index (Phi) is 5.48. The van der Waals surface area contributed by atoms with Crippen LogP contribution in [0.25, 0.3) is 0 Å². The molecule has 1 aromatic carbocycles. The molecule has 0 unspecified atom stereocenters. The molecule has 2 heterocycles. The number of nitrogens with zero attached hydrogens (tertiary/aromatic N) is 5. The number of hydrogen-bond acceptors (Lipinski definition) is 4. The van der Waals surface area contributed by atoms with Crippen molar-refractivity contribution in [2.75, 3.05) is 19.6 Å². The lowest BCUT2D eigenvalue weighted by atomic mass is 10.0. The maximum absolute atomic E-state index is 13.2. The molecule has 134 valence electrons. The highest BCUT2D eigenvalue weighted by atomic mass is 16.2. The molecule has 1 amide bonds.